The maximum atomic E-state index is 15.2. The molecule has 1 aliphatic carbocycles. The SMILES string of the molecule is C[C@]1(c2ccc(Cl)cn2)Oc2cccc(N3CCN(Cc4nc5c(F)cc(C(=O)O)cc5n4CC4(C#N)CC4)[C@@H]4COC[C@@H]43)c2O1. The van der Waals surface area contributed by atoms with Gasteiger partial charge >= 0.3 is 5.97 Å². The number of para-hydroxylation sites is 1. The molecule has 1 saturated carbocycles. The minimum absolute atomic E-state index is 0.00483. The molecule has 5 heterocycles. The highest BCUT2D eigenvalue weighted by Gasteiger charge is 2.47. The predicted molar refractivity (Wildman–Crippen MR) is 164 cm³/mol. The molecule has 2 saturated heterocycles. The maximum absolute atomic E-state index is 15.2. The van der Waals surface area contributed by atoms with Gasteiger partial charge in [0.1, 0.15) is 17.0 Å². The second kappa shape index (κ2) is 10.6. The summed E-state index contributed by atoms with van der Waals surface area (Å²) in [5, 5.41) is 20.0. The molecule has 8 rings (SSSR count). The third-order valence-corrected chi connectivity index (χ3v) is 9.83. The third kappa shape index (κ3) is 4.73. The van der Waals surface area contributed by atoms with Crippen LogP contribution >= 0.6 is 11.6 Å². The number of hydrogen-bond acceptors (Lipinski definition) is 9. The Kier molecular flexibility index (Phi) is 6.65. The van der Waals surface area contributed by atoms with Gasteiger partial charge in [0, 0.05) is 32.8 Å². The van der Waals surface area contributed by atoms with E-state index in [9.17, 15) is 15.2 Å². The number of hydrogen-bond donors (Lipinski definition) is 1. The Balaban J connectivity index is 1.09. The van der Waals surface area contributed by atoms with Gasteiger partial charge in [0.05, 0.1) is 65.1 Å². The van der Waals surface area contributed by atoms with Gasteiger partial charge in [-0.1, -0.05) is 17.7 Å². The largest absolute Gasteiger partial charge is 0.478 e. The first-order valence-electron chi connectivity index (χ1n) is 15.2. The molecule has 0 radical (unpaired) electrons. The lowest BCUT2D eigenvalue weighted by atomic mass is 10.0. The summed E-state index contributed by atoms with van der Waals surface area (Å²) in [5.74, 6) is -1.17. The van der Waals surface area contributed by atoms with Crippen LogP contribution in [0.5, 0.6) is 11.5 Å². The number of piperazine rings is 1. The highest BCUT2D eigenvalue weighted by molar-refractivity contribution is 6.30. The van der Waals surface area contributed by atoms with Gasteiger partial charge in [-0.2, -0.15) is 5.26 Å². The van der Waals surface area contributed by atoms with Gasteiger partial charge in [0.2, 0.25) is 0 Å². The van der Waals surface area contributed by atoms with Crippen molar-refractivity contribution in [2.45, 2.75) is 50.7 Å². The number of carboxylic acid groups (broad SMARTS) is 1. The van der Waals surface area contributed by atoms with Gasteiger partial charge in [-0.15, -0.1) is 0 Å². The molecule has 2 aromatic heterocycles. The Morgan fingerprint density at radius 3 is 2.74 bits per heavy atom. The van der Waals surface area contributed by atoms with Crippen molar-refractivity contribution in [3.8, 4) is 17.6 Å². The highest BCUT2D eigenvalue weighted by Crippen LogP contribution is 2.50. The second-order valence-electron chi connectivity index (χ2n) is 12.6. The number of nitrogens with zero attached hydrogens (tertiary/aromatic N) is 6. The molecule has 13 heteroatoms. The van der Waals surface area contributed by atoms with E-state index in [1.165, 1.54) is 6.07 Å². The van der Waals surface area contributed by atoms with E-state index in [2.05, 4.69) is 25.8 Å². The molecule has 4 aromatic rings. The van der Waals surface area contributed by atoms with E-state index >= 15 is 4.39 Å². The molecular weight excluding hydrogens is 615 g/mol. The second-order valence-corrected chi connectivity index (χ2v) is 13.0. The number of aromatic carboxylic acids is 1. The van der Waals surface area contributed by atoms with Crippen molar-refractivity contribution in [1.82, 2.24) is 19.4 Å². The molecule has 4 aliphatic rings. The Hall–Kier alpha value is -4.44. The van der Waals surface area contributed by atoms with E-state index < -0.39 is 23.0 Å². The van der Waals surface area contributed by atoms with Crippen LogP contribution in [0.4, 0.5) is 10.1 Å². The number of aromatic nitrogens is 3. The fourth-order valence-electron chi connectivity index (χ4n) is 6.92. The van der Waals surface area contributed by atoms with Crippen molar-refractivity contribution in [1.29, 1.82) is 5.26 Å². The lowest BCUT2D eigenvalue weighted by Crippen LogP contribution is -2.59. The van der Waals surface area contributed by atoms with Crippen molar-refractivity contribution in [3.63, 3.8) is 0 Å². The lowest BCUT2D eigenvalue weighted by Gasteiger charge is -2.44. The van der Waals surface area contributed by atoms with Crippen molar-refractivity contribution < 1.29 is 28.5 Å². The Bertz CT molecular complexity index is 1920. The maximum Gasteiger partial charge on any atom is 0.335 e. The quantitative estimate of drug-likeness (QED) is 0.295. The van der Waals surface area contributed by atoms with Gasteiger partial charge in [-0.25, -0.2) is 14.2 Å². The van der Waals surface area contributed by atoms with Gasteiger partial charge in [-0.05, 0) is 49.2 Å². The average Bonchev–Trinajstić information content (AvgIpc) is 3.32. The van der Waals surface area contributed by atoms with Crippen LogP contribution in [0, 0.1) is 22.6 Å². The number of fused-ring (bicyclic) bond motifs is 3. The molecule has 236 valence electrons. The summed E-state index contributed by atoms with van der Waals surface area (Å²) in [6.45, 7) is 4.87. The summed E-state index contributed by atoms with van der Waals surface area (Å²) in [6, 6.07) is 14.2. The molecule has 1 N–H and O–H groups in total. The molecule has 2 aromatic carbocycles. The topological polar surface area (TPSA) is 126 Å². The molecule has 3 fully saturated rings. The van der Waals surface area contributed by atoms with Crippen LogP contribution in [0.2, 0.25) is 5.02 Å². The van der Waals surface area contributed by atoms with Crippen LogP contribution in [0.3, 0.4) is 0 Å². The number of halogens is 2. The summed E-state index contributed by atoms with van der Waals surface area (Å²) in [5.41, 5.74) is 1.30. The molecule has 0 bridgehead atoms. The zero-order valence-electron chi connectivity index (χ0n) is 24.9. The van der Waals surface area contributed by atoms with Crippen LogP contribution in [-0.2, 0) is 23.6 Å². The van der Waals surface area contributed by atoms with Gasteiger partial charge in [0.25, 0.3) is 5.79 Å². The van der Waals surface area contributed by atoms with Crippen molar-refractivity contribution in [2.24, 2.45) is 5.41 Å². The molecule has 0 unspecified atom stereocenters. The fourth-order valence-corrected chi connectivity index (χ4v) is 7.03. The Morgan fingerprint density at radius 1 is 1.17 bits per heavy atom. The van der Waals surface area contributed by atoms with Crippen molar-refractivity contribution in [2.75, 3.05) is 31.2 Å². The van der Waals surface area contributed by atoms with Gasteiger partial charge in [-0.3, -0.25) is 9.88 Å². The standard InChI is InChI=1S/C33H30ClFN6O5/c1-32(27-6-5-20(34)13-37-27)45-26-4-2-3-22(30(26)46-32)40-10-9-39(24-15-44-16-25(24)40)14-28-38-29-21(35)11-19(31(42)43)12-23(29)41(28)18-33(17-36)7-8-33/h2-6,11-13,24-25H,7-10,14-16,18H2,1H3,(H,42,43)/t24-,25+,32+/m1/s1. The summed E-state index contributed by atoms with van der Waals surface area (Å²) in [7, 11) is 0. The fraction of sp³-hybridized carbons (Fsp3) is 0.394. The van der Waals surface area contributed by atoms with E-state index in [1.54, 1.807) is 18.3 Å². The van der Waals surface area contributed by atoms with Crippen LogP contribution < -0.4 is 14.4 Å². The van der Waals surface area contributed by atoms with E-state index in [1.807, 2.05) is 29.7 Å². The lowest BCUT2D eigenvalue weighted by molar-refractivity contribution is -0.0716. The van der Waals surface area contributed by atoms with E-state index in [0.29, 0.717) is 72.9 Å². The van der Waals surface area contributed by atoms with Crippen molar-refractivity contribution >= 4 is 34.3 Å². The first kappa shape index (κ1) is 29.0. The van der Waals surface area contributed by atoms with Crippen LogP contribution in [-0.4, -0.2) is 68.9 Å². The summed E-state index contributed by atoms with van der Waals surface area (Å²) in [6.07, 6.45) is 3.04. The van der Waals surface area contributed by atoms with Crippen molar-refractivity contribution in [3.05, 3.63) is 76.6 Å². The first-order chi connectivity index (χ1) is 22.2. The number of carboxylic acids is 1. The Labute approximate surface area is 268 Å². The third-order valence-electron chi connectivity index (χ3n) is 9.61. The van der Waals surface area contributed by atoms with E-state index in [0.717, 1.165) is 24.6 Å². The van der Waals surface area contributed by atoms with Crippen LogP contribution in [0.1, 0.15) is 41.6 Å². The van der Waals surface area contributed by atoms with Gasteiger partial charge in [0.15, 0.2) is 17.3 Å². The summed E-state index contributed by atoms with van der Waals surface area (Å²) < 4.78 is 35.8. The van der Waals surface area contributed by atoms with Crippen LogP contribution in [0.25, 0.3) is 11.0 Å². The molecular formula is C33H30ClFN6O5. The number of benzene rings is 2. The predicted octanol–water partition coefficient (Wildman–Crippen LogP) is 4.96. The summed E-state index contributed by atoms with van der Waals surface area (Å²) in [4.78, 5) is 25.4. The number of pyridine rings is 1. The number of rotatable bonds is 7. The average molecular weight is 645 g/mol. The van der Waals surface area contributed by atoms with Gasteiger partial charge < -0.3 is 28.8 Å². The number of anilines is 1. The first-order valence-corrected chi connectivity index (χ1v) is 15.6. The summed E-state index contributed by atoms with van der Waals surface area (Å²) >= 11 is 6.06. The molecule has 3 aliphatic heterocycles. The molecule has 46 heavy (non-hydrogen) atoms. The monoisotopic (exact) mass is 644 g/mol. The molecule has 11 nitrogen and oxygen atoms in total. The molecule has 0 amide bonds. The minimum atomic E-state index is -1.22. The normalized spacial score (nSPS) is 24.6. The highest BCUT2D eigenvalue weighted by atomic mass is 35.5. The Morgan fingerprint density at radius 2 is 2.00 bits per heavy atom. The number of carbonyl (C=O) groups is 1. The molecule has 3 atom stereocenters. The zero-order valence-corrected chi connectivity index (χ0v) is 25.7. The van der Waals surface area contributed by atoms with Crippen LogP contribution in [0.15, 0.2) is 48.7 Å². The van der Waals surface area contributed by atoms with E-state index in [4.69, 9.17) is 25.8 Å². The minimum Gasteiger partial charge on any atom is -0.478 e. The number of ether oxygens (including phenoxy) is 3. The zero-order chi connectivity index (χ0) is 31.8. The smallest absolute Gasteiger partial charge is 0.335 e. The number of nitriles is 1. The molecule has 0 spiro atoms. The number of imidazole rings is 1. The van der Waals surface area contributed by atoms with E-state index in [-0.39, 0.29) is 23.2 Å².